The van der Waals surface area contributed by atoms with Crippen LogP contribution in [0.4, 0.5) is 4.39 Å². The summed E-state index contributed by atoms with van der Waals surface area (Å²) in [6.45, 7) is 0. The molecule has 0 bridgehead atoms. The van der Waals surface area contributed by atoms with E-state index in [0.29, 0.717) is 18.0 Å². The average molecular weight is 263 g/mol. The van der Waals surface area contributed by atoms with E-state index in [2.05, 4.69) is 5.32 Å². The Hall–Kier alpha value is -0.930. The second kappa shape index (κ2) is 5.59. The molecule has 0 amide bonds. The first kappa shape index (κ1) is 13.1. The summed E-state index contributed by atoms with van der Waals surface area (Å²) >= 11 is 0. The fourth-order valence-corrected chi connectivity index (χ4v) is 3.10. The molecular weight excluding hydrogens is 241 g/mol. The first-order valence-electron chi connectivity index (χ1n) is 7.42. The molecule has 104 valence electrons. The molecule has 1 aromatic carbocycles. The highest BCUT2D eigenvalue weighted by Crippen LogP contribution is 2.41. The van der Waals surface area contributed by atoms with Crippen LogP contribution in [0.1, 0.15) is 50.1 Å². The molecule has 2 fully saturated rings. The van der Waals surface area contributed by atoms with Crippen molar-refractivity contribution >= 4 is 0 Å². The first-order chi connectivity index (χ1) is 9.22. The molecule has 0 heterocycles. The Kier molecular flexibility index (Phi) is 3.85. The van der Waals surface area contributed by atoms with E-state index < -0.39 is 0 Å². The van der Waals surface area contributed by atoms with Crippen molar-refractivity contribution < 1.29 is 9.50 Å². The van der Waals surface area contributed by atoms with Gasteiger partial charge in [-0.25, -0.2) is 4.39 Å². The van der Waals surface area contributed by atoms with Crippen LogP contribution in [0, 0.1) is 11.7 Å². The van der Waals surface area contributed by atoms with Gasteiger partial charge in [-0.05, 0) is 62.1 Å². The summed E-state index contributed by atoms with van der Waals surface area (Å²) in [5.41, 5.74) is 1.20. The summed E-state index contributed by atoms with van der Waals surface area (Å²) in [4.78, 5) is 0. The molecule has 0 radical (unpaired) electrons. The van der Waals surface area contributed by atoms with Crippen molar-refractivity contribution in [2.45, 2.75) is 56.7 Å². The lowest BCUT2D eigenvalue weighted by Crippen LogP contribution is -2.37. The van der Waals surface area contributed by atoms with Gasteiger partial charge in [0.25, 0.3) is 0 Å². The van der Waals surface area contributed by atoms with Crippen molar-refractivity contribution in [2.75, 3.05) is 0 Å². The minimum Gasteiger partial charge on any atom is -0.393 e. The number of nitrogens with one attached hydrogen (secondary N) is 1. The van der Waals surface area contributed by atoms with Crippen LogP contribution in [-0.4, -0.2) is 17.3 Å². The van der Waals surface area contributed by atoms with Crippen molar-refractivity contribution in [3.63, 3.8) is 0 Å². The third-order valence-electron chi connectivity index (χ3n) is 4.43. The fourth-order valence-electron chi connectivity index (χ4n) is 3.10. The van der Waals surface area contributed by atoms with Crippen molar-refractivity contribution in [1.82, 2.24) is 5.32 Å². The second-order valence-corrected chi connectivity index (χ2v) is 6.04. The summed E-state index contributed by atoms with van der Waals surface area (Å²) in [6.07, 6.45) is 6.33. The number of hydrogen-bond donors (Lipinski definition) is 2. The minimum absolute atomic E-state index is 0.108. The van der Waals surface area contributed by atoms with Crippen molar-refractivity contribution in [3.8, 4) is 0 Å². The van der Waals surface area contributed by atoms with Gasteiger partial charge in [0.1, 0.15) is 5.82 Å². The molecular formula is C16H22FNO. The van der Waals surface area contributed by atoms with E-state index in [1.165, 1.54) is 18.4 Å². The molecule has 3 rings (SSSR count). The first-order valence-corrected chi connectivity index (χ1v) is 7.42. The van der Waals surface area contributed by atoms with Crippen LogP contribution in [-0.2, 0) is 0 Å². The fraction of sp³-hybridized carbons (Fsp3) is 0.625. The molecule has 19 heavy (non-hydrogen) atoms. The van der Waals surface area contributed by atoms with E-state index in [9.17, 15) is 9.50 Å². The monoisotopic (exact) mass is 263 g/mol. The Balaban J connectivity index is 1.66. The lowest BCUT2D eigenvalue weighted by atomic mass is 9.91. The number of rotatable bonds is 4. The second-order valence-electron chi connectivity index (χ2n) is 6.04. The van der Waals surface area contributed by atoms with Gasteiger partial charge in [-0.15, -0.1) is 0 Å². The summed E-state index contributed by atoms with van der Waals surface area (Å²) in [5.74, 6) is 0.538. The summed E-state index contributed by atoms with van der Waals surface area (Å²) in [5, 5.41) is 13.3. The third-order valence-corrected chi connectivity index (χ3v) is 4.43. The summed E-state index contributed by atoms with van der Waals surface area (Å²) in [6, 6.07) is 7.78. The van der Waals surface area contributed by atoms with Crippen LogP contribution in [0.25, 0.3) is 0 Å². The molecule has 2 saturated carbocycles. The third kappa shape index (κ3) is 3.34. The zero-order valence-corrected chi connectivity index (χ0v) is 11.2. The smallest absolute Gasteiger partial charge is 0.123 e. The molecule has 0 saturated heterocycles. The molecule has 1 atom stereocenters. The maximum atomic E-state index is 13.0. The Labute approximate surface area is 114 Å². The number of hydrogen-bond acceptors (Lipinski definition) is 2. The van der Waals surface area contributed by atoms with Gasteiger partial charge < -0.3 is 10.4 Å². The zero-order chi connectivity index (χ0) is 13.2. The largest absolute Gasteiger partial charge is 0.393 e. The van der Waals surface area contributed by atoms with Crippen LogP contribution < -0.4 is 5.32 Å². The zero-order valence-electron chi connectivity index (χ0n) is 11.2. The van der Waals surface area contributed by atoms with Crippen LogP contribution >= 0.6 is 0 Å². The van der Waals surface area contributed by atoms with Gasteiger partial charge in [-0.1, -0.05) is 12.1 Å². The van der Waals surface area contributed by atoms with Gasteiger partial charge in [0, 0.05) is 12.1 Å². The Morgan fingerprint density at radius 1 is 1.00 bits per heavy atom. The highest BCUT2D eigenvalue weighted by molar-refractivity contribution is 5.22. The number of aliphatic hydroxyl groups is 1. The van der Waals surface area contributed by atoms with Crippen LogP contribution in [0.15, 0.2) is 24.3 Å². The number of benzene rings is 1. The Morgan fingerprint density at radius 3 is 2.21 bits per heavy atom. The lowest BCUT2D eigenvalue weighted by Gasteiger charge is -2.31. The SMILES string of the molecule is OC1CCC(NC(c2ccc(F)cc2)C2CC2)CC1. The van der Waals surface area contributed by atoms with Crippen molar-refractivity contribution in [2.24, 2.45) is 5.92 Å². The van der Waals surface area contributed by atoms with E-state index in [1.807, 2.05) is 12.1 Å². The van der Waals surface area contributed by atoms with E-state index >= 15 is 0 Å². The average Bonchev–Trinajstić information content (AvgIpc) is 3.24. The molecule has 2 aliphatic carbocycles. The van der Waals surface area contributed by atoms with Gasteiger partial charge in [0.15, 0.2) is 0 Å². The van der Waals surface area contributed by atoms with E-state index in [-0.39, 0.29) is 11.9 Å². The van der Waals surface area contributed by atoms with Gasteiger partial charge in [0.2, 0.25) is 0 Å². The van der Waals surface area contributed by atoms with Gasteiger partial charge in [0.05, 0.1) is 6.10 Å². The molecule has 2 N–H and O–H groups in total. The molecule has 0 aliphatic heterocycles. The minimum atomic E-state index is -0.168. The van der Waals surface area contributed by atoms with Crippen LogP contribution in [0.2, 0.25) is 0 Å². The van der Waals surface area contributed by atoms with E-state index in [4.69, 9.17) is 0 Å². The van der Waals surface area contributed by atoms with Crippen LogP contribution in [0.5, 0.6) is 0 Å². The molecule has 3 heteroatoms. The predicted octanol–water partition coefficient (Wildman–Crippen LogP) is 3.17. The molecule has 2 nitrogen and oxygen atoms in total. The quantitative estimate of drug-likeness (QED) is 0.874. The lowest BCUT2D eigenvalue weighted by molar-refractivity contribution is 0.113. The number of aliphatic hydroxyl groups excluding tert-OH is 1. The number of halogens is 1. The van der Waals surface area contributed by atoms with Crippen molar-refractivity contribution in [3.05, 3.63) is 35.6 Å². The topological polar surface area (TPSA) is 32.3 Å². The molecule has 2 aliphatic rings. The maximum Gasteiger partial charge on any atom is 0.123 e. The van der Waals surface area contributed by atoms with E-state index in [0.717, 1.165) is 25.7 Å². The van der Waals surface area contributed by atoms with Gasteiger partial charge in [-0.2, -0.15) is 0 Å². The molecule has 0 spiro atoms. The molecule has 1 aromatic rings. The van der Waals surface area contributed by atoms with E-state index in [1.54, 1.807) is 12.1 Å². The Bertz CT molecular complexity index is 407. The highest BCUT2D eigenvalue weighted by Gasteiger charge is 2.34. The summed E-state index contributed by atoms with van der Waals surface area (Å²) < 4.78 is 13.0. The maximum absolute atomic E-state index is 13.0. The van der Waals surface area contributed by atoms with Gasteiger partial charge in [-0.3, -0.25) is 0 Å². The standard InChI is InChI=1S/C16H22FNO/c17-13-5-3-12(4-6-13)16(11-1-2-11)18-14-7-9-15(19)10-8-14/h3-6,11,14-16,18-19H,1-2,7-10H2. The van der Waals surface area contributed by atoms with Gasteiger partial charge >= 0.3 is 0 Å². The molecule has 0 aromatic heterocycles. The summed E-state index contributed by atoms with van der Waals surface area (Å²) in [7, 11) is 0. The van der Waals surface area contributed by atoms with Crippen LogP contribution in [0.3, 0.4) is 0 Å². The predicted molar refractivity (Wildman–Crippen MR) is 73.3 cm³/mol. The highest BCUT2D eigenvalue weighted by atomic mass is 19.1. The molecule has 1 unspecified atom stereocenters. The normalized spacial score (nSPS) is 29.2. The van der Waals surface area contributed by atoms with Crippen molar-refractivity contribution in [1.29, 1.82) is 0 Å². The Morgan fingerprint density at radius 2 is 1.63 bits per heavy atom.